The molecule has 0 saturated heterocycles. The zero-order valence-corrected chi connectivity index (χ0v) is 19.3. The largest absolute Gasteiger partial charge is 1.00 e. The van der Waals surface area contributed by atoms with Crippen LogP contribution in [0.25, 0.3) is 11.3 Å². The predicted octanol–water partition coefficient (Wildman–Crippen LogP) is 0.600. The fourth-order valence-electron chi connectivity index (χ4n) is 2.74. The van der Waals surface area contributed by atoms with Gasteiger partial charge in [0.15, 0.2) is 0 Å². The molecule has 0 bridgehead atoms. The minimum Gasteiger partial charge on any atom is -1.00 e. The average molecular weight is 445 g/mol. The molecule has 30 heavy (non-hydrogen) atoms. The van der Waals surface area contributed by atoms with Crippen LogP contribution in [0.15, 0.2) is 53.7 Å². The molecule has 2 aromatic heterocycles. The molecule has 3 rings (SSSR count). The van der Waals surface area contributed by atoms with Gasteiger partial charge < -0.3 is 11.4 Å². The molecule has 1 amide bonds. The summed E-state index contributed by atoms with van der Waals surface area (Å²) >= 11 is 0. The van der Waals surface area contributed by atoms with Crippen molar-refractivity contribution >= 4 is 16.1 Å². The van der Waals surface area contributed by atoms with Gasteiger partial charge in [0, 0.05) is 19.4 Å². The van der Waals surface area contributed by atoms with Gasteiger partial charge in [-0.15, -0.1) is 0 Å². The van der Waals surface area contributed by atoms with E-state index in [2.05, 4.69) is 4.98 Å². The fraction of sp³-hybridized carbons (Fsp3) is 0.158. The first-order chi connectivity index (χ1) is 13.6. The number of hydrogen-bond donors (Lipinski definition) is 1. The number of carbonyl (C=O) groups is 1. The molecule has 0 spiro atoms. The van der Waals surface area contributed by atoms with Crippen LogP contribution in [-0.2, 0) is 16.6 Å². The molecule has 1 N–H and O–H groups in total. The van der Waals surface area contributed by atoms with Gasteiger partial charge in [-0.25, -0.2) is 26.6 Å². The molecular weight excluding hydrogens is 427 g/mol. The van der Waals surface area contributed by atoms with Gasteiger partial charge in [-0.2, -0.15) is 4.39 Å². The van der Waals surface area contributed by atoms with E-state index >= 15 is 0 Å². The first-order valence-electron chi connectivity index (χ1n) is 8.39. The second kappa shape index (κ2) is 9.25. The second-order valence-electron chi connectivity index (χ2n) is 6.43. The van der Waals surface area contributed by atoms with E-state index in [0.29, 0.717) is 5.56 Å². The van der Waals surface area contributed by atoms with Crippen LogP contribution in [0.1, 0.15) is 12.6 Å². The molecule has 0 aliphatic rings. The molecule has 0 fully saturated rings. The van der Waals surface area contributed by atoms with E-state index in [4.69, 9.17) is 5.11 Å². The topological polar surface area (TPSA) is 92.5 Å². The molecule has 11 heteroatoms. The van der Waals surface area contributed by atoms with Crippen molar-refractivity contribution in [1.29, 1.82) is 0 Å². The predicted molar refractivity (Wildman–Crippen MR) is 102 cm³/mol. The van der Waals surface area contributed by atoms with Gasteiger partial charge in [0.05, 0.1) is 22.7 Å². The Hall–Kier alpha value is -2.27. The number of hydrogen-bond acceptors (Lipinski definition) is 4. The standard InChI is InChI=1S/C19H17F2N3O4S.Na.H/c1-12-5-6-14(9-16(12)20)29(27,28)24-11-13(10-23(2)19(25)26)8-17(24)15-4-3-7-22-18(15)21;;/h3-9,11H,10H2,1-2H3,(H,25,26);;/q;+1;-1. The van der Waals surface area contributed by atoms with E-state index in [1.165, 1.54) is 56.7 Å². The monoisotopic (exact) mass is 445 g/mol. The maximum absolute atomic E-state index is 14.3. The maximum Gasteiger partial charge on any atom is 1.00 e. The van der Waals surface area contributed by atoms with Crippen LogP contribution in [0.2, 0.25) is 0 Å². The Balaban J connectivity index is 0.00000240. The van der Waals surface area contributed by atoms with Crippen molar-refractivity contribution in [3.8, 4) is 11.3 Å². The fourth-order valence-corrected chi connectivity index (χ4v) is 4.15. The second-order valence-corrected chi connectivity index (χ2v) is 8.24. The van der Waals surface area contributed by atoms with Crippen LogP contribution in [0.3, 0.4) is 0 Å². The molecule has 0 unspecified atom stereocenters. The molecular formula is C19H18F2N3NaO4S. The van der Waals surface area contributed by atoms with Crippen LogP contribution >= 0.6 is 0 Å². The molecule has 154 valence electrons. The number of rotatable bonds is 5. The van der Waals surface area contributed by atoms with Gasteiger partial charge in [0.2, 0.25) is 5.95 Å². The summed E-state index contributed by atoms with van der Waals surface area (Å²) in [6, 6.07) is 7.62. The number of nitrogens with zero attached hydrogens (tertiary/aromatic N) is 3. The molecule has 0 saturated carbocycles. The molecule has 0 radical (unpaired) electrons. The summed E-state index contributed by atoms with van der Waals surface area (Å²) < 4.78 is 55.4. The molecule has 0 aliphatic heterocycles. The summed E-state index contributed by atoms with van der Waals surface area (Å²) in [5.74, 6) is -1.59. The number of amides is 1. The number of pyridine rings is 1. The van der Waals surface area contributed by atoms with E-state index in [1.807, 2.05) is 0 Å². The number of carboxylic acid groups (broad SMARTS) is 1. The molecule has 1 aromatic carbocycles. The maximum atomic E-state index is 14.3. The van der Waals surface area contributed by atoms with Crippen molar-refractivity contribution in [1.82, 2.24) is 13.9 Å². The van der Waals surface area contributed by atoms with Crippen molar-refractivity contribution < 1.29 is 58.1 Å². The van der Waals surface area contributed by atoms with E-state index in [1.54, 1.807) is 0 Å². The Morgan fingerprint density at radius 1 is 1.27 bits per heavy atom. The van der Waals surface area contributed by atoms with E-state index in [-0.39, 0.29) is 59.2 Å². The number of aromatic nitrogens is 2. The number of aryl methyl sites for hydroxylation is 1. The van der Waals surface area contributed by atoms with E-state index in [0.717, 1.165) is 14.9 Å². The van der Waals surface area contributed by atoms with Crippen molar-refractivity contribution in [2.45, 2.75) is 18.4 Å². The first-order valence-corrected chi connectivity index (χ1v) is 9.83. The van der Waals surface area contributed by atoms with Crippen LogP contribution in [0.5, 0.6) is 0 Å². The average Bonchev–Trinajstić information content (AvgIpc) is 3.08. The summed E-state index contributed by atoms with van der Waals surface area (Å²) in [5.41, 5.74) is 0.446. The third kappa shape index (κ3) is 4.72. The Labute approximate surface area is 195 Å². The molecule has 2 heterocycles. The van der Waals surface area contributed by atoms with Gasteiger partial charge in [0.25, 0.3) is 10.0 Å². The zero-order valence-electron chi connectivity index (χ0n) is 17.5. The van der Waals surface area contributed by atoms with Gasteiger partial charge in [0.1, 0.15) is 5.82 Å². The van der Waals surface area contributed by atoms with Crippen molar-refractivity contribution in [3.63, 3.8) is 0 Å². The number of halogens is 2. The molecule has 0 aliphatic carbocycles. The first kappa shape index (κ1) is 24.0. The SMILES string of the molecule is Cc1ccc(S(=O)(=O)n2cc(CN(C)C(=O)O)cc2-c2cccnc2F)cc1F.[H-].[Na+]. The Morgan fingerprint density at radius 3 is 2.57 bits per heavy atom. The van der Waals surface area contributed by atoms with Crippen LogP contribution in [0.4, 0.5) is 13.6 Å². The summed E-state index contributed by atoms with van der Waals surface area (Å²) in [5, 5.41) is 9.06. The van der Waals surface area contributed by atoms with E-state index < -0.39 is 27.9 Å². The molecule has 0 atom stereocenters. The summed E-state index contributed by atoms with van der Waals surface area (Å²) in [6.07, 6.45) is 1.19. The normalized spacial score (nSPS) is 11.1. The third-order valence-corrected chi connectivity index (χ3v) is 5.99. The van der Waals surface area contributed by atoms with Crippen LogP contribution in [0, 0.1) is 18.7 Å². The smallest absolute Gasteiger partial charge is 1.00 e. The summed E-state index contributed by atoms with van der Waals surface area (Å²) in [6.45, 7) is 1.37. The zero-order chi connectivity index (χ0) is 21.3. The molecule has 7 nitrogen and oxygen atoms in total. The summed E-state index contributed by atoms with van der Waals surface area (Å²) in [7, 11) is -2.98. The van der Waals surface area contributed by atoms with Crippen molar-refractivity contribution in [2.24, 2.45) is 0 Å². The van der Waals surface area contributed by atoms with Gasteiger partial charge in [-0.05, 0) is 48.4 Å². The number of benzene rings is 1. The minimum atomic E-state index is -4.29. The minimum absolute atomic E-state index is 0. The van der Waals surface area contributed by atoms with Crippen LogP contribution < -0.4 is 29.6 Å². The van der Waals surface area contributed by atoms with Crippen molar-refractivity contribution in [2.75, 3.05) is 7.05 Å². The van der Waals surface area contributed by atoms with Crippen molar-refractivity contribution in [3.05, 3.63) is 71.7 Å². The Bertz CT molecular complexity index is 1200. The summed E-state index contributed by atoms with van der Waals surface area (Å²) in [4.78, 5) is 15.3. The molecule has 3 aromatic rings. The third-order valence-electron chi connectivity index (χ3n) is 4.32. The van der Waals surface area contributed by atoms with Gasteiger partial charge in [-0.1, -0.05) is 6.07 Å². The quantitative estimate of drug-likeness (QED) is 0.459. The van der Waals surface area contributed by atoms with E-state index in [9.17, 15) is 22.0 Å². The van der Waals surface area contributed by atoms with Crippen LogP contribution in [-0.4, -0.2) is 40.5 Å². The Morgan fingerprint density at radius 2 is 1.97 bits per heavy atom. The Kier molecular flexibility index (Phi) is 7.40. The van der Waals surface area contributed by atoms with Gasteiger partial charge >= 0.3 is 35.7 Å². The van der Waals surface area contributed by atoms with Gasteiger partial charge in [-0.3, -0.25) is 0 Å².